The average Bonchev–Trinajstić information content (AvgIpc) is 2.43. The number of carbonyl (C=O) groups is 1. The summed E-state index contributed by atoms with van der Waals surface area (Å²) in [6, 6.07) is 11.3. The van der Waals surface area contributed by atoms with Gasteiger partial charge in [0.25, 0.3) is 5.91 Å². The maximum Gasteiger partial charge on any atom is 0.266 e. The van der Waals surface area contributed by atoms with E-state index in [0.29, 0.717) is 5.56 Å². The third-order valence-electron chi connectivity index (χ3n) is 3.19. The number of aromatic nitrogens is 1. The van der Waals surface area contributed by atoms with E-state index < -0.39 is 0 Å². The molecule has 1 aliphatic rings. The fourth-order valence-corrected chi connectivity index (χ4v) is 2.02. The van der Waals surface area contributed by atoms with Crippen molar-refractivity contribution < 1.29 is 4.79 Å². The standard InChI is InChI=1S/C15H14N3O/c19-15(17-18-9-4-10-18)14-7-2-1-6-13(14)12-5-3-8-16-11-12/h1-3,5-8H,4,9-10H2,(H,17,19). The average molecular weight is 252 g/mol. The molecule has 4 heteroatoms. The van der Waals surface area contributed by atoms with E-state index in [1.165, 1.54) is 0 Å². The fraction of sp³-hybridized carbons (Fsp3) is 0.200. The number of amides is 1. The Bertz CT molecular complexity index is 579. The number of hydrogen-bond acceptors (Lipinski definition) is 3. The van der Waals surface area contributed by atoms with Crippen molar-refractivity contribution in [3.05, 3.63) is 54.4 Å². The predicted molar refractivity (Wildman–Crippen MR) is 72.2 cm³/mol. The van der Waals surface area contributed by atoms with Gasteiger partial charge in [0.1, 0.15) is 0 Å². The predicted octanol–water partition coefficient (Wildman–Crippen LogP) is 1.90. The van der Waals surface area contributed by atoms with Gasteiger partial charge in [-0.2, -0.15) is 0 Å². The molecule has 19 heavy (non-hydrogen) atoms. The molecule has 95 valence electrons. The van der Waals surface area contributed by atoms with Gasteiger partial charge in [0.05, 0.1) is 6.20 Å². The van der Waals surface area contributed by atoms with E-state index in [0.717, 1.165) is 30.6 Å². The molecule has 4 nitrogen and oxygen atoms in total. The summed E-state index contributed by atoms with van der Waals surface area (Å²) in [6.07, 6.45) is 5.73. The molecule has 1 amide bonds. The molecule has 2 heterocycles. The van der Waals surface area contributed by atoms with Gasteiger partial charge in [0.15, 0.2) is 0 Å². The first-order valence-corrected chi connectivity index (χ1v) is 6.32. The first-order chi connectivity index (χ1) is 9.34. The van der Waals surface area contributed by atoms with E-state index in [1.54, 1.807) is 6.20 Å². The second-order valence-corrected chi connectivity index (χ2v) is 4.49. The van der Waals surface area contributed by atoms with Crippen molar-refractivity contribution >= 4 is 5.91 Å². The molecular formula is C15H14N3O. The van der Waals surface area contributed by atoms with Crippen molar-refractivity contribution in [3.8, 4) is 11.1 Å². The van der Waals surface area contributed by atoms with E-state index in [2.05, 4.69) is 16.6 Å². The monoisotopic (exact) mass is 252 g/mol. The van der Waals surface area contributed by atoms with Crippen molar-refractivity contribution in [3.63, 3.8) is 0 Å². The van der Waals surface area contributed by atoms with Crippen molar-refractivity contribution in [2.45, 2.75) is 6.42 Å². The summed E-state index contributed by atoms with van der Waals surface area (Å²) in [4.78, 5) is 16.2. The number of nitrogens with one attached hydrogen (secondary N) is 1. The van der Waals surface area contributed by atoms with Crippen molar-refractivity contribution in [1.29, 1.82) is 0 Å². The lowest BCUT2D eigenvalue weighted by atomic mass is 10.0. The van der Waals surface area contributed by atoms with Crippen LogP contribution in [0.5, 0.6) is 0 Å². The first kappa shape index (κ1) is 11.9. The van der Waals surface area contributed by atoms with Crippen LogP contribution in [0.3, 0.4) is 0 Å². The van der Waals surface area contributed by atoms with Crippen LogP contribution >= 0.6 is 0 Å². The second kappa shape index (κ2) is 5.20. The van der Waals surface area contributed by atoms with Gasteiger partial charge in [-0.05, 0) is 24.1 Å². The van der Waals surface area contributed by atoms with Gasteiger partial charge in [-0.1, -0.05) is 24.3 Å². The molecular weight excluding hydrogens is 238 g/mol. The van der Waals surface area contributed by atoms with Gasteiger partial charge < -0.3 is 0 Å². The summed E-state index contributed by atoms with van der Waals surface area (Å²) in [5.74, 6) is -0.0763. The third-order valence-corrected chi connectivity index (χ3v) is 3.19. The molecule has 1 aliphatic heterocycles. The molecule has 0 atom stereocenters. The Balaban J connectivity index is 1.90. The maximum atomic E-state index is 12.3. The molecule has 0 unspecified atom stereocenters. The molecule has 0 spiro atoms. The number of pyridine rings is 1. The molecule has 2 aromatic rings. The van der Waals surface area contributed by atoms with Crippen molar-refractivity contribution in [1.82, 2.24) is 15.4 Å². The van der Waals surface area contributed by atoms with Gasteiger partial charge in [0, 0.05) is 30.4 Å². The largest absolute Gasteiger partial charge is 0.285 e. The van der Waals surface area contributed by atoms with Gasteiger partial charge in [-0.15, -0.1) is 0 Å². The van der Waals surface area contributed by atoms with Gasteiger partial charge in [-0.3, -0.25) is 15.2 Å². The number of benzene rings is 1. The van der Waals surface area contributed by atoms with Crippen LogP contribution in [-0.4, -0.2) is 29.0 Å². The lowest BCUT2D eigenvalue weighted by molar-refractivity contribution is 0.0643. The van der Waals surface area contributed by atoms with E-state index in [1.807, 2.05) is 41.4 Å². The van der Waals surface area contributed by atoms with Crippen LogP contribution in [0.1, 0.15) is 16.8 Å². The summed E-state index contributed by atoms with van der Waals surface area (Å²) in [7, 11) is 0. The summed E-state index contributed by atoms with van der Waals surface area (Å²) in [6.45, 7) is 1.85. The van der Waals surface area contributed by atoms with Gasteiger partial charge in [-0.25, -0.2) is 5.01 Å². The molecule has 1 N–H and O–H groups in total. The van der Waals surface area contributed by atoms with Crippen LogP contribution in [0.15, 0.2) is 42.6 Å². The van der Waals surface area contributed by atoms with Crippen LogP contribution in [0, 0.1) is 6.20 Å². The fourth-order valence-electron chi connectivity index (χ4n) is 2.02. The van der Waals surface area contributed by atoms with Crippen molar-refractivity contribution in [2.75, 3.05) is 13.1 Å². The maximum absolute atomic E-state index is 12.3. The number of hydrogen-bond donors (Lipinski definition) is 1. The zero-order valence-corrected chi connectivity index (χ0v) is 10.5. The molecule has 1 saturated heterocycles. The van der Waals surface area contributed by atoms with Crippen LogP contribution in [0.25, 0.3) is 11.1 Å². The lowest BCUT2D eigenvalue weighted by Gasteiger charge is -2.31. The normalized spacial score (nSPS) is 14.7. The highest BCUT2D eigenvalue weighted by Crippen LogP contribution is 2.22. The smallest absolute Gasteiger partial charge is 0.266 e. The summed E-state index contributed by atoms with van der Waals surface area (Å²) < 4.78 is 0. The van der Waals surface area contributed by atoms with Crippen LogP contribution in [-0.2, 0) is 0 Å². The molecule has 1 aromatic heterocycles. The summed E-state index contributed by atoms with van der Waals surface area (Å²) >= 11 is 0. The minimum absolute atomic E-state index is 0.0763. The number of nitrogens with zero attached hydrogens (tertiary/aromatic N) is 2. The summed E-state index contributed by atoms with van der Waals surface area (Å²) in [5, 5.41) is 1.92. The highest BCUT2D eigenvalue weighted by molar-refractivity contribution is 6.00. The topological polar surface area (TPSA) is 45.2 Å². The van der Waals surface area contributed by atoms with E-state index in [-0.39, 0.29) is 5.91 Å². The number of hydrazine groups is 1. The molecule has 1 aromatic carbocycles. The number of carbonyl (C=O) groups excluding carboxylic acids is 1. The Morgan fingerprint density at radius 2 is 2.05 bits per heavy atom. The number of rotatable bonds is 3. The molecule has 0 saturated carbocycles. The quantitative estimate of drug-likeness (QED) is 0.907. The van der Waals surface area contributed by atoms with Gasteiger partial charge >= 0.3 is 0 Å². The highest BCUT2D eigenvalue weighted by Gasteiger charge is 2.19. The SMILES string of the molecule is O=C(NN1CCC1)c1ccccc1-c1[c]nccc1. The molecule has 0 bridgehead atoms. The van der Waals surface area contributed by atoms with Crippen LogP contribution < -0.4 is 5.43 Å². The van der Waals surface area contributed by atoms with Gasteiger partial charge in [0.2, 0.25) is 0 Å². The summed E-state index contributed by atoms with van der Waals surface area (Å²) in [5.41, 5.74) is 5.24. The Hall–Kier alpha value is -2.20. The molecule has 1 fully saturated rings. The van der Waals surface area contributed by atoms with E-state index in [4.69, 9.17) is 0 Å². The van der Waals surface area contributed by atoms with E-state index in [9.17, 15) is 4.79 Å². The van der Waals surface area contributed by atoms with Crippen molar-refractivity contribution in [2.24, 2.45) is 0 Å². The van der Waals surface area contributed by atoms with Crippen LogP contribution in [0.4, 0.5) is 0 Å². The van der Waals surface area contributed by atoms with Crippen LogP contribution in [0.2, 0.25) is 0 Å². The Morgan fingerprint density at radius 3 is 2.74 bits per heavy atom. The minimum Gasteiger partial charge on any atom is -0.285 e. The Labute approximate surface area is 112 Å². The second-order valence-electron chi connectivity index (χ2n) is 4.49. The molecule has 3 rings (SSSR count). The lowest BCUT2D eigenvalue weighted by Crippen LogP contribution is -2.50. The zero-order chi connectivity index (χ0) is 13.1. The minimum atomic E-state index is -0.0763. The Morgan fingerprint density at radius 1 is 1.21 bits per heavy atom. The van der Waals surface area contributed by atoms with E-state index >= 15 is 0 Å². The zero-order valence-electron chi connectivity index (χ0n) is 10.5. The first-order valence-electron chi connectivity index (χ1n) is 6.32. The highest BCUT2D eigenvalue weighted by atomic mass is 16.2. The Kier molecular flexibility index (Phi) is 3.25. The molecule has 0 aliphatic carbocycles. The third kappa shape index (κ3) is 2.48. The molecule has 1 radical (unpaired) electrons.